The fourth-order valence-electron chi connectivity index (χ4n) is 2.99. The van der Waals surface area contributed by atoms with E-state index in [4.69, 9.17) is 35.4 Å². The molecular formula is C25H50Cl2N6O10. The van der Waals surface area contributed by atoms with Crippen LogP contribution in [0.5, 0.6) is 0 Å². The summed E-state index contributed by atoms with van der Waals surface area (Å²) >= 11 is 0. The lowest BCUT2D eigenvalue weighted by Crippen LogP contribution is -2.52. The number of carbonyl (C=O) groups excluding carboxylic acids is 5. The fourth-order valence-corrected chi connectivity index (χ4v) is 2.99. The molecule has 0 aromatic heterocycles. The summed E-state index contributed by atoms with van der Waals surface area (Å²) in [6.07, 6.45) is 1.68. The molecule has 3 heterocycles. The van der Waals surface area contributed by atoms with E-state index in [9.17, 15) is 24.0 Å². The zero-order valence-electron chi connectivity index (χ0n) is 25.8. The molecule has 2 unspecified atom stereocenters. The number of ether oxygens (including phenoxy) is 5. The maximum absolute atomic E-state index is 11.3. The molecule has 3 rings (SSSR count). The van der Waals surface area contributed by atoms with E-state index in [0.29, 0.717) is 32.7 Å². The number of nitrogens with two attached hydrogens (primary N) is 2. The lowest BCUT2D eigenvalue weighted by molar-refractivity contribution is -0.130. The number of hydrogen-bond donors (Lipinski definition) is 6. The molecule has 0 radical (unpaired) electrons. The number of amides is 2. The number of halogens is 2. The Morgan fingerprint density at radius 2 is 1.21 bits per heavy atom. The van der Waals surface area contributed by atoms with E-state index in [-0.39, 0.29) is 67.5 Å². The molecule has 3 fully saturated rings. The first-order valence-electron chi connectivity index (χ1n) is 13.3. The Balaban J connectivity index is -0.000000515. The van der Waals surface area contributed by atoms with Gasteiger partial charge in [0.05, 0.1) is 12.1 Å². The number of Topliss-reactive ketones (excluding diaryl/α,β-unsaturated/α-hetero) is 3. The van der Waals surface area contributed by atoms with Gasteiger partial charge in [-0.3, -0.25) is 31.1 Å². The van der Waals surface area contributed by atoms with Gasteiger partial charge in [0.2, 0.25) is 0 Å². The molecule has 3 aliphatic heterocycles. The first-order chi connectivity index (χ1) is 19.1. The van der Waals surface area contributed by atoms with Crippen molar-refractivity contribution < 1.29 is 47.7 Å². The molecule has 0 bridgehead atoms. The van der Waals surface area contributed by atoms with Crippen LogP contribution in [-0.2, 0) is 38.1 Å². The standard InChI is InChI=1S/C10H18N2O4.C5H10N2O2.C5H12N2O2.C5H8O2.2ClH/c1-10(2,3)16-9(14)12-11-7-4-5-15-6-8(7)13;6-7-4-1-2-9-3-5(4)8;1-5(2,3)9-4(8)7-6;6-5-2-1-3-7-4-5;;/h7,11H,4-6H2,1-3H3,(H,12,14);4,7H,1-3,6H2;6H2,1-3H3,(H,7,8);1-4H2;2*1H. The van der Waals surface area contributed by atoms with Crippen LogP contribution in [0.3, 0.4) is 0 Å². The summed E-state index contributed by atoms with van der Waals surface area (Å²) in [6, 6.07) is -0.569. The average Bonchev–Trinajstić information content (AvgIpc) is 2.88. The predicted molar refractivity (Wildman–Crippen MR) is 161 cm³/mol. The smallest absolute Gasteiger partial charge is 0.422 e. The Labute approximate surface area is 265 Å². The van der Waals surface area contributed by atoms with Gasteiger partial charge in [0, 0.05) is 26.2 Å². The molecule has 18 heteroatoms. The van der Waals surface area contributed by atoms with Gasteiger partial charge in [-0.15, -0.1) is 24.8 Å². The van der Waals surface area contributed by atoms with E-state index in [0.717, 1.165) is 19.4 Å². The zero-order chi connectivity index (χ0) is 31.5. The monoisotopic (exact) mass is 664 g/mol. The number of rotatable bonds is 3. The molecule has 3 saturated heterocycles. The Kier molecular flexibility index (Phi) is 25.5. The lowest BCUT2D eigenvalue weighted by Gasteiger charge is -2.24. The highest BCUT2D eigenvalue weighted by Gasteiger charge is 2.24. The van der Waals surface area contributed by atoms with Crippen LogP contribution < -0.4 is 33.4 Å². The van der Waals surface area contributed by atoms with E-state index in [1.165, 1.54) is 0 Å². The van der Waals surface area contributed by atoms with Crippen LogP contribution in [0.4, 0.5) is 9.59 Å². The molecule has 43 heavy (non-hydrogen) atoms. The zero-order valence-corrected chi connectivity index (χ0v) is 27.4. The topological polar surface area (TPSA) is 232 Å². The minimum absolute atomic E-state index is 0. The number of hydrogen-bond acceptors (Lipinski definition) is 14. The molecular weight excluding hydrogens is 615 g/mol. The van der Waals surface area contributed by atoms with Crippen molar-refractivity contribution in [2.45, 2.75) is 90.5 Å². The second-order valence-electron chi connectivity index (χ2n) is 11.0. The van der Waals surface area contributed by atoms with Gasteiger partial charge in [-0.05, 0) is 60.8 Å². The van der Waals surface area contributed by atoms with Gasteiger partial charge in [0.1, 0.15) is 31.0 Å². The van der Waals surface area contributed by atoms with Crippen LogP contribution in [0.2, 0.25) is 0 Å². The number of hydrazine groups is 3. The van der Waals surface area contributed by atoms with Crippen molar-refractivity contribution in [2.24, 2.45) is 11.7 Å². The van der Waals surface area contributed by atoms with Crippen molar-refractivity contribution in [3.8, 4) is 0 Å². The van der Waals surface area contributed by atoms with Crippen molar-refractivity contribution >= 4 is 54.4 Å². The maximum Gasteiger partial charge on any atom is 0.422 e. The summed E-state index contributed by atoms with van der Waals surface area (Å²) in [7, 11) is 0. The first-order valence-corrected chi connectivity index (χ1v) is 13.3. The highest BCUT2D eigenvalue weighted by atomic mass is 35.5. The molecule has 2 amide bonds. The van der Waals surface area contributed by atoms with Gasteiger partial charge in [-0.1, -0.05) is 0 Å². The molecule has 0 spiro atoms. The molecule has 3 aliphatic rings. The summed E-state index contributed by atoms with van der Waals surface area (Å²) in [5, 5.41) is 0. The number of nitrogens with one attached hydrogen (secondary N) is 4. The number of carbonyl (C=O) groups is 5. The second kappa shape index (κ2) is 24.2. The van der Waals surface area contributed by atoms with Crippen molar-refractivity contribution in [1.82, 2.24) is 21.7 Å². The van der Waals surface area contributed by atoms with Crippen molar-refractivity contribution in [2.75, 3.05) is 39.6 Å². The maximum atomic E-state index is 11.3. The van der Waals surface area contributed by atoms with E-state index in [1.54, 1.807) is 41.5 Å². The van der Waals surface area contributed by atoms with E-state index < -0.39 is 23.4 Å². The average molecular weight is 666 g/mol. The predicted octanol–water partition coefficient (Wildman–Crippen LogP) is 0.776. The SMILES string of the molecule is CC(C)(C)OC(=O)NN.CC(C)(C)OC(=O)NNC1CCOCC1=O.Cl.Cl.NNC1CCOCC1=O.O=C1CCCOC1. The molecule has 16 nitrogen and oxygen atoms in total. The van der Waals surface area contributed by atoms with Gasteiger partial charge in [0.25, 0.3) is 0 Å². The minimum atomic E-state index is -0.609. The Hall–Kier alpha value is -2.15. The van der Waals surface area contributed by atoms with Crippen LogP contribution in [-0.4, -0.2) is 92.5 Å². The lowest BCUT2D eigenvalue weighted by atomic mass is 10.1. The van der Waals surface area contributed by atoms with Gasteiger partial charge >= 0.3 is 12.2 Å². The Bertz CT molecular complexity index is 832. The van der Waals surface area contributed by atoms with Crippen LogP contribution >= 0.6 is 24.8 Å². The van der Waals surface area contributed by atoms with E-state index in [1.807, 2.05) is 5.43 Å². The summed E-state index contributed by atoms with van der Waals surface area (Å²) in [5.41, 5.74) is 8.26. The molecule has 0 aromatic carbocycles. The summed E-state index contributed by atoms with van der Waals surface area (Å²) < 4.78 is 24.4. The Morgan fingerprint density at radius 1 is 0.744 bits per heavy atom. The second-order valence-corrected chi connectivity index (χ2v) is 11.0. The largest absolute Gasteiger partial charge is 0.443 e. The molecule has 0 aliphatic carbocycles. The third-order valence-electron chi connectivity index (χ3n) is 4.84. The minimum Gasteiger partial charge on any atom is -0.443 e. The van der Waals surface area contributed by atoms with Gasteiger partial charge in [-0.25, -0.2) is 26.3 Å². The highest BCUT2D eigenvalue weighted by Crippen LogP contribution is 2.07. The van der Waals surface area contributed by atoms with Crippen molar-refractivity contribution in [1.29, 1.82) is 0 Å². The molecule has 254 valence electrons. The molecule has 0 aromatic rings. The van der Waals surface area contributed by atoms with Crippen LogP contribution in [0.1, 0.15) is 67.2 Å². The van der Waals surface area contributed by atoms with Gasteiger partial charge < -0.3 is 23.7 Å². The van der Waals surface area contributed by atoms with E-state index >= 15 is 0 Å². The van der Waals surface area contributed by atoms with Gasteiger partial charge in [-0.2, -0.15) is 0 Å². The van der Waals surface area contributed by atoms with Crippen molar-refractivity contribution in [3.63, 3.8) is 0 Å². The third-order valence-corrected chi connectivity index (χ3v) is 4.84. The fraction of sp³-hybridized carbons (Fsp3) is 0.800. The van der Waals surface area contributed by atoms with Crippen molar-refractivity contribution in [3.05, 3.63) is 0 Å². The summed E-state index contributed by atoms with van der Waals surface area (Å²) in [6.45, 7) is 13.2. The molecule has 0 saturated carbocycles. The number of ketones is 3. The summed E-state index contributed by atoms with van der Waals surface area (Å²) in [5.74, 6) is 10.0. The highest BCUT2D eigenvalue weighted by molar-refractivity contribution is 5.86. The van der Waals surface area contributed by atoms with Gasteiger partial charge in [0.15, 0.2) is 17.3 Å². The quantitative estimate of drug-likeness (QED) is 0.139. The normalized spacial score (nSPS) is 20.0. The van der Waals surface area contributed by atoms with Crippen LogP contribution in [0, 0.1) is 0 Å². The van der Waals surface area contributed by atoms with E-state index in [2.05, 4.69) is 16.3 Å². The van der Waals surface area contributed by atoms with Crippen LogP contribution in [0.15, 0.2) is 0 Å². The molecule has 2 atom stereocenters. The first kappa shape index (κ1) is 45.3. The Morgan fingerprint density at radius 3 is 1.51 bits per heavy atom. The summed E-state index contributed by atoms with van der Waals surface area (Å²) in [4.78, 5) is 54.0. The third kappa shape index (κ3) is 26.0. The van der Waals surface area contributed by atoms with Crippen LogP contribution in [0.25, 0.3) is 0 Å². The molecule has 8 N–H and O–H groups in total.